The van der Waals surface area contributed by atoms with Crippen molar-refractivity contribution < 1.29 is 13.6 Å². The topological polar surface area (TPSA) is 17.1 Å². The fraction of sp³-hybridized carbons (Fsp3) is 0.300. The van der Waals surface area contributed by atoms with E-state index in [9.17, 15) is 13.6 Å². The number of ketones is 1. The van der Waals surface area contributed by atoms with Crippen molar-refractivity contribution in [3.05, 3.63) is 35.4 Å². The van der Waals surface area contributed by atoms with E-state index in [2.05, 4.69) is 0 Å². The quantitative estimate of drug-likeness (QED) is 0.711. The largest absolute Gasteiger partial charge is 0.299 e. The van der Waals surface area contributed by atoms with Gasteiger partial charge in [0.25, 0.3) is 0 Å². The van der Waals surface area contributed by atoms with E-state index in [0.717, 1.165) is 6.07 Å². The molecular weight excluding hydrogens is 210 g/mol. The Balaban J connectivity index is 2.76. The number of hydrogen-bond donors (Lipinski definition) is 0. The summed E-state index contributed by atoms with van der Waals surface area (Å²) in [5, 5.41) is 0. The van der Waals surface area contributed by atoms with Gasteiger partial charge in [0.05, 0.1) is 0 Å². The van der Waals surface area contributed by atoms with Crippen LogP contribution in [0.15, 0.2) is 18.2 Å². The summed E-state index contributed by atoms with van der Waals surface area (Å²) in [6.07, 6.45) is 0.0772. The standard InChI is InChI=1S/C10H9ClF2O/c11-5-4-8(14)6-7-2-1-3-9(12)10(7)13/h1-3H,4-6H2. The van der Waals surface area contributed by atoms with Gasteiger partial charge in [-0.2, -0.15) is 0 Å². The highest BCUT2D eigenvalue weighted by Gasteiger charge is 2.10. The fourth-order valence-corrected chi connectivity index (χ4v) is 1.30. The van der Waals surface area contributed by atoms with Crippen LogP contribution in [-0.4, -0.2) is 11.7 Å². The van der Waals surface area contributed by atoms with Crippen LogP contribution in [0.1, 0.15) is 12.0 Å². The van der Waals surface area contributed by atoms with Gasteiger partial charge in [-0.15, -0.1) is 11.6 Å². The Labute approximate surface area is 85.7 Å². The molecule has 76 valence electrons. The Hall–Kier alpha value is -0.960. The zero-order chi connectivity index (χ0) is 10.6. The fourth-order valence-electron chi connectivity index (χ4n) is 1.09. The van der Waals surface area contributed by atoms with E-state index in [1.54, 1.807) is 0 Å². The van der Waals surface area contributed by atoms with E-state index in [1.807, 2.05) is 0 Å². The smallest absolute Gasteiger partial charge is 0.162 e. The van der Waals surface area contributed by atoms with E-state index >= 15 is 0 Å². The van der Waals surface area contributed by atoms with Crippen LogP contribution in [0.25, 0.3) is 0 Å². The Bertz CT molecular complexity index is 339. The number of alkyl halides is 1. The molecule has 14 heavy (non-hydrogen) atoms. The lowest BCUT2D eigenvalue weighted by Gasteiger charge is -2.01. The predicted octanol–water partition coefficient (Wildman–Crippen LogP) is 2.71. The molecule has 0 unspecified atom stereocenters. The summed E-state index contributed by atoms with van der Waals surface area (Å²) in [5.74, 6) is -1.86. The van der Waals surface area contributed by atoms with Gasteiger partial charge in [0.2, 0.25) is 0 Å². The molecule has 0 aliphatic heterocycles. The highest BCUT2D eigenvalue weighted by Crippen LogP contribution is 2.12. The third kappa shape index (κ3) is 2.77. The molecular formula is C10H9ClF2O. The van der Waals surface area contributed by atoms with Gasteiger partial charge in [-0.25, -0.2) is 8.78 Å². The van der Waals surface area contributed by atoms with Crippen LogP contribution >= 0.6 is 11.6 Å². The summed E-state index contributed by atoms with van der Waals surface area (Å²) in [6.45, 7) is 0. The van der Waals surface area contributed by atoms with Gasteiger partial charge in [0.1, 0.15) is 5.78 Å². The van der Waals surface area contributed by atoms with Crippen molar-refractivity contribution in [1.82, 2.24) is 0 Å². The lowest BCUT2D eigenvalue weighted by Crippen LogP contribution is -2.05. The normalized spacial score (nSPS) is 10.2. The van der Waals surface area contributed by atoms with Crippen molar-refractivity contribution in [2.24, 2.45) is 0 Å². The average Bonchev–Trinajstić information content (AvgIpc) is 2.13. The van der Waals surface area contributed by atoms with Crippen molar-refractivity contribution in [3.8, 4) is 0 Å². The highest BCUT2D eigenvalue weighted by molar-refractivity contribution is 6.19. The van der Waals surface area contributed by atoms with E-state index in [-0.39, 0.29) is 30.1 Å². The lowest BCUT2D eigenvalue weighted by molar-refractivity contribution is -0.118. The molecule has 0 N–H and O–H groups in total. The minimum atomic E-state index is -0.949. The van der Waals surface area contributed by atoms with E-state index in [1.165, 1.54) is 12.1 Å². The molecule has 0 saturated heterocycles. The number of rotatable bonds is 4. The molecule has 1 rings (SSSR count). The first-order valence-corrected chi connectivity index (χ1v) is 4.69. The van der Waals surface area contributed by atoms with E-state index < -0.39 is 11.6 Å². The Morgan fingerprint density at radius 2 is 2.07 bits per heavy atom. The third-order valence-corrected chi connectivity index (χ3v) is 1.98. The molecule has 1 nitrogen and oxygen atoms in total. The maximum absolute atomic E-state index is 13.0. The molecule has 1 aromatic carbocycles. The van der Waals surface area contributed by atoms with E-state index in [4.69, 9.17) is 11.6 Å². The second-order valence-electron chi connectivity index (χ2n) is 2.87. The number of halogens is 3. The third-order valence-electron chi connectivity index (χ3n) is 1.79. The monoisotopic (exact) mass is 218 g/mol. The number of hydrogen-bond acceptors (Lipinski definition) is 1. The number of Topliss-reactive ketones (excluding diaryl/α,β-unsaturated/α-hetero) is 1. The number of benzene rings is 1. The zero-order valence-corrected chi connectivity index (χ0v) is 8.15. The summed E-state index contributed by atoms with van der Waals surface area (Å²) < 4.78 is 25.7. The molecule has 0 saturated carbocycles. The predicted molar refractivity (Wildman–Crippen MR) is 50.4 cm³/mol. The second kappa shape index (κ2) is 5.05. The van der Waals surface area contributed by atoms with Gasteiger partial charge in [-0.3, -0.25) is 4.79 Å². The Kier molecular flexibility index (Phi) is 4.01. The van der Waals surface area contributed by atoms with Crippen molar-refractivity contribution in [2.45, 2.75) is 12.8 Å². The molecule has 1 aromatic rings. The maximum atomic E-state index is 13.0. The summed E-state index contributed by atoms with van der Waals surface area (Å²) >= 11 is 5.35. The van der Waals surface area contributed by atoms with Gasteiger partial charge in [0.15, 0.2) is 11.6 Å². The van der Waals surface area contributed by atoms with Gasteiger partial charge in [0, 0.05) is 18.7 Å². The Morgan fingerprint density at radius 3 is 2.71 bits per heavy atom. The van der Waals surface area contributed by atoms with Crippen LogP contribution in [0.4, 0.5) is 8.78 Å². The molecule has 0 aliphatic rings. The molecule has 0 atom stereocenters. The SMILES string of the molecule is O=C(CCCl)Cc1cccc(F)c1F. The van der Waals surface area contributed by atoms with E-state index in [0.29, 0.717) is 0 Å². The minimum Gasteiger partial charge on any atom is -0.299 e. The first-order valence-electron chi connectivity index (χ1n) is 4.15. The van der Waals surface area contributed by atoms with Crippen molar-refractivity contribution in [2.75, 3.05) is 5.88 Å². The van der Waals surface area contributed by atoms with Crippen LogP contribution in [-0.2, 0) is 11.2 Å². The van der Waals surface area contributed by atoms with Crippen molar-refractivity contribution in [1.29, 1.82) is 0 Å². The van der Waals surface area contributed by atoms with Gasteiger partial charge < -0.3 is 0 Å². The molecule has 0 fully saturated rings. The van der Waals surface area contributed by atoms with Gasteiger partial charge >= 0.3 is 0 Å². The number of carbonyl (C=O) groups excluding carboxylic acids is 1. The van der Waals surface area contributed by atoms with Crippen molar-refractivity contribution in [3.63, 3.8) is 0 Å². The first kappa shape index (κ1) is 11.1. The summed E-state index contributed by atoms with van der Waals surface area (Å²) in [5.41, 5.74) is 0.0834. The van der Waals surface area contributed by atoms with Gasteiger partial charge in [-0.1, -0.05) is 12.1 Å². The lowest BCUT2D eigenvalue weighted by atomic mass is 10.1. The molecule has 0 amide bonds. The molecule has 0 aromatic heterocycles. The van der Waals surface area contributed by atoms with Crippen LogP contribution in [0, 0.1) is 11.6 Å². The first-order chi connectivity index (χ1) is 6.65. The van der Waals surface area contributed by atoms with Crippen LogP contribution in [0.2, 0.25) is 0 Å². The zero-order valence-electron chi connectivity index (χ0n) is 7.40. The molecule has 0 heterocycles. The Morgan fingerprint density at radius 1 is 1.36 bits per heavy atom. The molecule has 0 radical (unpaired) electrons. The van der Waals surface area contributed by atoms with Crippen LogP contribution in [0.5, 0.6) is 0 Å². The molecule has 4 heteroatoms. The van der Waals surface area contributed by atoms with Gasteiger partial charge in [-0.05, 0) is 11.6 Å². The minimum absolute atomic E-state index is 0.0834. The summed E-state index contributed by atoms with van der Waals surface area (Å²) in [7, 11) is 0. The summed E-state index contributed by atoms with van der Waals surface area (Å²) in [4.78, 5) is 11.1. The average molecular weight is 219 g/mol. The highest BCUT2D eigenvalue weighted by atomic mass is 35.5. The number of carbonyl (C=O) groups is 1. The maximum Gasteiger partial charge on any atom is 0.162 e. The second-order valence-corrected chi connectivity index (χ2v) is 3.25. The molecule has 0 spiro atoms. The van der Waals surface area contributed by atoms with Crippen LogP contribution in [0.3, 0.4) is 0 Å². The molecule has 0 bridgehead atoms. The van der Waals surface area contributed by atoms with Crippen LogP contribution < -0.4 is 0 Å². The summed E-state index contributed by atoms with van der Waals surface area (Å²) in [6, 6.07) is 3.79. The van der Waals surface area contributed by atoms with Crippen molar-refractivity contribution >= 4 is 17.4 Å². The molecule has 0 aliphatic carbocycles.